The molecule has 2 aliphatic rings. The van der Waals surface area contributed by atoms with E-state index < -0.39 is 5.97 Å². The minimum atomic E-state index is -0.429. The van der Waals surface area contributed by atoms with Crippen LogP contribution in [0.25, 0.3) is 10.8 Å². The van der Waals surface area contributed by atoms with Gasteiger partial charge in [-0.3, -0.25) is 0 Å². The molecule has 2 heterocycles. The Morgan fingerprint density at radius 3 is 2.47 bits per heavy atom. The minimum Gasteiger partial charge on any atom is -0.402 e. The summed E-state index contributed by atoms with van der Waals surface area (Å²) in [5, 5.41) is 2.08. The van der Waals surface area contributed by atoms with Crippen LogP contribution < -0.4 is 5.73 Å². The molecule has 1 fully saturated rings. The second-order valence-corrected chi connectivity index (χ2v) is 9.05. The molecule has 0 atom stereocenters. The predicted molar refractivity (Wildman–Crippen MR) is 147 cm³/mol. The highest BCUT2D eigenvalue weighted by atomic mass is 35.5. The number of aliphatic imine (C=N–C) groups is 2. The fourth-order valence-corrected chi connectivity index (χ4v) is 4.45. The lowest BCUT2D eigenvalue weighted by molar-refractivity contribution is -0.130. The standard InChI is InChI=1S/C28H29N5O2.ClH/c1-19(2)21-10-5-6-13-24(21)31-28(29)33-16-14-32(15-17-33)18-25-27(34)35-26(30-25)23-12-7-9-20-8-3-4-11-22(20)23;/h3-13,18-19H,14-17H2,1-2H3,(H2,29,31);1H. The van der Waals surface area contributed by atoms with Crippen molar-refractivity contribution in [3.8, 4) is 0 Å². The fourth-order valence-electron chi connectivity index (χ4n) is 4.45. The number of hydrogen-bond acceptors (Lipinski definition) is 5. The maximum absolute atomic E-state index is 12.5. The third-order valence-corrected chi connectivity index (χ3v) is 6.38. The average molecular weight is 504 g/mol. The van der Waals surface area contributed by atoms with Crippen molar-refractivity contribution in [2.75, 3.05) is 26.2 Å². The first-order valence-corrected chi connectivity index (χ1v) is 11.9. The summed E-state index contributed by atoms with van der Waals surface area (Å²) in [4.78, 5) is 25.9. The number of guanidine groups is 1. The SMILES string of the molecule is CC(C)c1ccccc1N=C(N)N1CCN(C=C2N=C(c3cccc4ccccc34)OC2=O)CC1.Cl. The van der Waals surface area contributed by atoms with Crippen LogP contribution in [0, 0.1) is 0 Å². The van der Waals surface area contributed by atoms with Crippen molar-refractivity contribution < 1.29 is 9.53 Å². The number of ether oxygens (including phenoxy) is 1. The summed E-state index contributed by atoms with van der Waals surface area (Å²) in [6.07, 6.45) is 1.79. The van der Waals surface area contributed by atoms with E-state index in [-0.39, 0.29) is 12.4 Å². The Kier molecular flexibility index (Phi) is 7.60. The van der Waals surface area contributed by atoms with Crippen LogP contribution in [-0.2, 0) is 9.53 Å². The molecule has 2 N–H and O–H groups in total. The van der Waals surface area contributed by atoms with E-state index >= 15 is 0 Å². The second kappa shape index (κ2) is 10.8. The second-order valence-electron chi connectivity index (χ2n) is 9.05. The number of rotatable bonds is 4. The monoisotopic (exact) mass is 503 g/mol. The Balaban J connectivity index is 0.00000304. The summed E-state index contributed by atoms with van der Waals surface area (Å²) in [7, 11) is 0. The van der Waals surface area contributed by atoms with E-state index in [1.807, 2.05) is 60.7 Å². The Hall–Kier alpha value is -3.84. The quantitative estimate of drug-likeness (QED) is 0.239. The number of benzene rings is 3. The zero-order valence-electron chi connectivity index (χ0n) is 20.4. The molecule has 0 unspecified atom stereocenters. The normalized spacial score (nSPS) is 17.4. The molecule has 2 aliphatic heterocycles. The molecule has 0 bridgehead atoms. The van der Waals surface area contributed by atoms with Crippen molar-refractivity contribution >= 4 is 46.7 Å². The highest BCUT2D eigenvalue weighted by Gasteiger charge is 2.27. The van der Waals surface area contributed by atoms with Crippen LogP contribution in [0.4, 0.5) is 5.69 Å². The highest BCUT2D eigenvalue weighted by molar-refractivity contribution is 6.16. The van der Waals surface area contributed by atoms with Gasteiger partial charge in [-0.1, -0.05) is 68.4 Å². The topological polar surface area (TPSA) is 83.5 Å². The van der Waals surface area contributed by atoms with E-state index in [9.17, 15) is 4.79 Å². The number of piperazine rings is 1. The molecule has 0 saturated carbocycles. The first-order chi connectivity index (χ1) is 17.0. The van der Waals surface area contributed by atoms with Gasteiger partial charge in [0.1, 0.15) is 0 Å². The largest absolute Gasteiger partial charge is 0.402 e. The smallest absolute Gasteiger partial charge is 0.365 e. The zero-order valence-corrected chi connectivity index (χ0v) is 21.2. The van der Waals surface area contributed by atoms with Gasteiger partial charge >= 0.3 is 5.97 Å². The van der Waals surface area contributed by atoms with Crippen LogP contribution >= 0.6 is 12.4 Å². The molecular weight excluding hydrogens is 474 g/mol. The Bertz CT molecular complexity index is 1350. The fraction of sp³-hybridized carbons (Fsp3) is 0.250. The summed E-state index contributed by atoms with van der Waals surface area (Å²) in [6.45, 7) is 7.13. The molecule has 36 heavy (non-hydrogen) atoms. The number of fused-ring (bicyclic) bond motifs is 1. The van der Waals surface area contributed by atoms with Gasteiger partial charge in [-0.05, 0) is 34.4 Å². The van der Waals surface area contributed by atoms with Crippen LogP contribution in [-0.4, -0.2) is 53.8 Å². The van der Waals surface area contributed by atoms with Gasteiger partial charge in [0.15, 0.2) is 11.7 Å². The van der Waals surface area contributed by atoms with Crippen molar-refractivity contribution in [2.24, 2.45) is 15.7 Å². The molecule has 0 aromatic heterocycles. The number of esters is 1. The molecule has 0 aliphatic carbocycles. The van der Waals surface area contributed by atoms with Gasteiger partial charge in [0.05, 0.1) is 5.69 Å². The third kappa shape index (κ3) is 5.21. The summed E-state index contributed by atoms with van der Waals surface area (Å²) in [6, 6.07) is 22.0. The number of cyclic esters (lactones) is 1. The van der Waals surface area contributed by atoms with Crippen molar-refractivity contribution in [1.82, 2.24) is 9.80 Å². The number of para-hydroxylation sites is 1. The van der Waals surface area contributed by atoms with Gasteiger partial charge < -0.3 is 20.3 Å². The van der Waals surface area contributed by atoms with E-state index in [0.717, 1.165) is 22.0 Å². The van der Waals surface area contributed by atoms with Gasteiger partial charge in [0, 0.05) is 37.9 Å². The predicted octanol–water partition coefficient (Wildman–Crippen LogP) is 4.79. The maximum Gasteiger partial charge on any atom is 0.365 e. The zero-order chi connectivity index (χ0) is 24.4. The summed E-state index contributed by atoms with van der Waals surface area (Å²) < 4.78 is 5.53. The van der Waals surface area contributed by atoms with Gasteiger partial charge in [-0.25, -0.2) is 14.8 Å². The molecule has 0 radical (unpaired) electrons. The molecule has 186 valence electrons. The lowest BCUT2D eigenvalue weighted by Crippen LogP contribution is -2.49. The van der Waals surface area contributed by atoms with Crippen LogP contribution in [0.3, 0.4) is 0 Å². The van der Waals surface area contributed by atoms with Gasteiger partial charge in [0.25, 0.3) is 0 Å². The van der Waals surface area contributed by atoms with Crippen LogP contribution in [0.1, 0.15) is 30.9 Å². The Morgan fingerprint density at radius 2 is 1.69 bits per heavy atom. The molecule has 5 rings (SSSR count). The third-order valence-electron chi connectivity index (χ3n) is 6.38. The lowest BCUT2D eigenvalue weighted by atomic mass is 10.0. The first kappa shape index (κ1) is 25.3. The number of hydrogen-bond donors (Lipinski definition) is 1. The number of nitrogens with zero attached hydrogens (tertiary/aromatic N) is 4. The molecule has 0 spiro atoms. The van der Waals surface area contributed by atoms with Gasteiger partial charge in [0.2, 0.25) is 5.90 Å². The first-order valence-electron chi connectivity index (χ1n) is 11.9. The van der Waals surface area contributed by atoms with E-state index in [1.165, 1.54) is 5.56 Å². The lowest BCUT2D eigenvalue weighted by Gasteiger charge is -2.34. The molecule has 8 heteroatoms. The summed E-state index contributed by atoms with van der Waals surface area (Å²) >= 11 is 0. The molecule has 7 nitrogen and oxygen atoms in total. The Morgan fingerprint density at radius 1 is 1.00 bits per heavy atom. The molecule has 1 saturated heterocycles. The van der Waals surface area contributed by atoms with E-state index in [0.29, 0.717) is 49.7 Å². The van der Waals surface area contributed by atoms with Crippen molar-refractivity contribution in [1.29, 1.82) is 0 Å². The summed E-state index contributed by atoms with van der Waals surface area (Å²) in [5.41, 5.74) is 9.57. The number of carbonyl (C=O) groups excluding carboxylic acids is 1. The van der Waals surface area contributed by atoms with E-state index in [2.05, 4.69) is 34.7 Å². The van der Waals surface area contributed by atoms with Gasteiger partial charge in [-0.15, -0.1) is 12.4 Å². The van der Waals surface area contributed by atoms with Crippen LogP contribution in [0.5, 0.6) is 0 Å². The minimum absolute atomic E-state index is 0. The van der Waals surface area contributed by atoms with Crippen LogP contribution in [0.2, 0.25) is 0 Å². The van der Waals surface area contributed by atoms with E-state index in [1.54, 1.807) is 6.20 Å². The van der Waals surface area contributed by atoms with Crippen molar-refractivity contribution in [3.63, 3.8) is 0 Å². The molecule has 3 aromatic carbocycles. The number of carbonyl (C=O) groups is 1. The van der Waals surface area contributed by atoms with Crippen LogP contribution in [0.15, 0.2) is 88.6 Å². The molecular formula is C28H30ClN5O2. The maximum atomic E-state index is 12.5. The van der Waals surface area contributed by atoms with Crippen molar-refractivity contribution in [3.05, 3.63) is 89.8 Å². The van der Waals surface area contributed by atoms with E-state index in [4.69, 9.17) is 15.5 Å². The number of nitrogens with two attached hydrogens (primary N) is 1. The molecule has 0 amide bonds. The summed E-state index contributed by atoms with van der Waals surface area (Å²) in [5.74, 6) is 0.803. The average Bonchev–Trinajstić information content (AvgIpc) is 3.24. The highest BCUT2D eigenvalue weighted by Crippen LogP contribution is 2.27. The number of halogens is 1. The molecule has 3 aromatic rings. The Labute approximate surface area is 217 Å². The van der Waals surface area contributed by atoms with Gasteiger partial charge in [-0.2, -0.15) is 0 Å². The van der Waals surface area contributed by atoms with Crippen molar-refractivity contribution in [2.45, 2.75) is 19.8 Å².